The van der Waals surface area contributed by atoms with E-state index in [0.29, 0.717) is 27.4 Å². The van der Waals surface area contributed by atoms with Crippen LogP contribution in [0.2, 0.25) is 10.0 Å². The first-order valence-electron chi connectivity index (χ1n) is 10.5. The van der Waals surface area contributed by atoms with Gasteiger partial charge in [0.1, 0.15) is 11.5 Å². The zero-order chi connectivity index (χ0) is 22.9. The number of carbonyl (C=O) groups is 1. The van der Waals surface area contributed by atoms with Crippen LogP contribution in [0.3, 0.4) is 0 Å². The summed E-state index contributed by atoms with van der Waals surface area (Å²) in [5, 5.41) is 1.46. The molecular formula is C23H24Cl2N2O4S. The smallest absolute Gasteiger partial charge is 0.302 e. The van der Waals surface area contributed by atoms with E-state index in [2.05, 4.69) is 9.71 Å². The number of fused-ring (bicyclic) bond motifs is 1. The van der Waals surface area contributed by atoms with Crippen LogP contribution in [-0.2, 0) is 26.2 Å². The summed E-state index contributed by atoms with van der Waals surface area (Å²) in [4.78, 5) is 14.7. The van der Waals surface area contributed by atoms with Crippen LogP contribution in [-0.4, -0.2) is 25.4 Å². The number of benzene rings is 2. The number of para-hydroxylation sites is 1. The third-order valence-corrected chi connectivity index (χ3v) is 8.06. The lowest BCUT2D eigenvalue weighted by Crippen LogP contribution is -2.36. The second-order valence-corrected chi connectivity index (χ2v) is 10.5. The molecule has 3 aromatic rings. The van der Waals surface area contributed by atoms with Gasteiger partial charge in [-0.15, -0.1) is 0 Å². The Morgan fingerprint density at radius 1 is 1.12 bits per heavy atom. The lowest BCUT2D eigenvalue weighted by Gasteiger charge is -2.23. The Bertz CT molecular complexity index is 1260. The molecule has 2 N–H and O–H groups in total. The average Bonchev–Trinajstić information content (AvgIpc) is 3.13. The van der Waals surface area contributed by atoms with Crippen molar-refractivity contribution in [2.75, 3.05) is 0 Å². The van der Waals surface area contributed by atoms with E-state index in [9.17, 15) is 13.2 Å². The molecule has 0 atom stereocenters. The number of aromatic nitrogens is 1. The summed E-state index contributed by atoms with van der Waals surface area (Å²) < 4.78 is 34.3. The van der Waals surface area contributed by atoms with E-state index < -0.39 is 16.0 Å². The van der Waals surface area contributed by atoms with Crippen molar-refractivity contribution in [2.24, 2.45) is 0 Å². The molecule has 6 nitrogen and oxygen atoms in total. The molecule has 0 radical (unpaired) electrons. The van der Waals surface area contributed by atoms with Crippen molar-refractivity contribution in [1.82, 2.24) is 9.71 Å². The van der Waals surface area contributed by atoms with Gasteiger partial charge in [-0.25, -0.2) is 13.1 Å². The summed E-state index contributed by atoms with van der Waals surface area (Å²) in [6.07, 6.45) is 4.79. The van der Waals surface area contributed by atoms with Crippen molar-refractivity contribution in [3.05, 3.63) is 52.0 Å². The molecule has 1 heterocycles. The van der Waals surface area contributed by atoms with E-state index in [0.717, 1.165) is 37.5 Å². The fraction of sp³-hybridized carbons (Fsp3) is 0.348. The van der Waals surface area contributed by atoms with E-state index in [4.69, 9.17) is 27.9 Å². The van der Waals surface area contributed by atoms with E-state index in [1.807, 2.05) is 12.1 Å². The molecule has 0 unspecified atom stereocenters. The normalized spacial score (nSPS) is 15.2. The number of hydrogen-bond acceptors (Lipinski definition) is 4. The van der Waals surface area contributed by atoms with Crippen LogP contribution in [0.25, 0.3) is 22.2 Å². The fourth-order valence-corrected chi connectivity index (χ4v) is 6.23. The number of aromatic amines is 1. The first-order chi connectivity index (χ1) is 15.3. The van der Waals surface area contributed by atoms with Crippen LogP contribution in [0, 0.1) is 0 Å². The van der Waals surface area contributed by atoms with Gasteiger partial charge >= 0.3 is 5.97 Å². The van der Waals surface area contributed by atoms with Crippen LogP contribution in [0.5, 0.6) is 0 Å². The molecule has 1 saturated carbocycles. The molecule has 1 aliphatic rings. The number of nitrogens with one attached hydrogen (secondary N) is 2. The maximum absolute atomic E-state index is 13.1. The van der Waals surface area contributed by atoms with Crippen molar-refractivity contribution >= 4 is 50.1 Å². The Labute approximate surface area is 197 Å². The lowest BCUT2D eigenvalue weighted by molar-refractivity contribution is -0.142. The number of esters is 1. The molecule has 1 aromatic heterocycles. The standard InChI is InChI=1S/C23H24Cl2N2O4S/c1-14(28)31-13-18-17-8-5-9-20(25)23(17)26-22(18)15-10-11-19(24)21(12-15)32(29,30)27-16-6-3-2-4-7-16/h5,8-12,16,26-27H,2-4,6-7,13H2,1H3. The minimum atomic E-state index is -3.81. The van der Waals surface area contributed by atoms with Crippen molar-refractivity contribution in [3.63, 3.8) is 0 Å². The molecule has 0 aliphatic heterocycles. The average molecular weight is 495 g/mol. The summed E-state index contributed by atoms with van der Waals surface area (Å²) in [7, 11) is -3.81. The van der Waals surface area contributed by atoms with Gasteiger partial charge in [0.15, 0.2) is 0 Å². The number of rotatable bonds is 6. The maximum atomic E-state index is 13.1. The van der Waals surface area contributed by atoms with E-state index in [1.54, 1.807) is 24.3 Å². The SMILES string of the molecule is CC(=O)OCc1c(-c2ccc(Cl)c(S(=O)(=O)NC3CCCCC3)c2)[nH]c2c(Cl)cccc12. The summed E-state index contributed by atoms with van der Waals surface area (Å²) in [6, 6.07) is 10.2. The second-order valence-electron chi connectivity index (χ2n) is 8.02. The monoisotopic (exact) mass is 494 g/mol. The Hall–Kier alpha value is -2.06. The van der Waals surface area contributed by atoms with Gasteiger partial charge in [0.05, 0.1) is 21.3 Å². The highest BCUT2D eigenvalue weighted by Crippen LogP contribution is 2.36. The molecule has 4 rings (SSSR count). The van der Waals surface area contributed by atoms with Crippen molar-refractivity contribution in [2.45, 2.75) is 56.6 Å². The number of ether oxygens (including phenoxy) is 1. The van der Waals surface area contributed by atoms with Gasteiger partial charge in [0, 0.05) is 23.9 Å². The number of H-pyrrole nitrogens is 1. The van der Waals surface area contributed by atoms with Crippen molar-refractivity contribution in [1.29, 1.82) is 0 Å². The van der Waals surface area contributed by atoms with Crippen LogP contribution >= 0.6 is 23.2 Å². The molecule has 9 heteroatoms. The lowest BCUT2D eigenvalue weighted by atomic mass is 9.96. The van der Waals surface area contributed by atoms with Gasteiger partial charge < -0.3 is 9.72 Å². The van der Waals surface area contributed by atoms with E-state index >= 15 is 0 Å². The molecule has 1 fully saturated rings. The van der Waals surface area contributed by atoms with Crippen LogP contribution in [0.15, 0.2) is 41.3 Å². The maximum Gasteiger partial charge on any atom is 0.302 e. The zero-order valence-corrected chi connectivity index (χ0v) is 19.9. The molecule has 170 valence electrons. The quantitative estimate of drug-likeness (QED) is 0.422. The van der Waals surface area contributed by atoms with Gasteiger partial charge in [-0.05, 0) is 36.6 Å². The summed E-state index contributed by atoms with van der Waals surface area (Å²) in [5.74, 6) is -0.414. The Balaban J connectivity index is 1.78. The van der Waals surface area contributed by atoms with E-state index in [-0.39, 0.29) is 22.6 Å². The first-order valence-corrected chi connectivity index (χ1v) is 12.7. The molecular weight excluding hydrogens is 471 g/mol. The zero-order valence-electron chi connectivity index (χ0n) is 17.6. The summed E-state index contributed by atoms with van der Waals surface area (Å²) in [5.41, 5.74) is 2.63. The molecule has 0 bridgehead atoms. The van der Waals surface area contributed by atoms with E-state index in [1.165, 1.54) is 6.92 Å². The Morgan fingerprint density at radius 3 is 2.59 bits per heavy atom. The van der Waals surface area contributed by atoms with Crippen LogP contribution in [0.1, 0.15) is 44.6 Å². The minimum absolute atomic E-state index is 0.0189. The van der Waals surface area contributed by atoms with Gasteiger partial charge in [-0.2, -0.15) is 0 Å². The molecule has 0 spiro atoms. The van der Waals surface area contributed by atoms with Crippen LogP contribution in [0.4, 0.5) is 0 Å². The highest BCUT2D eigenvalue weighted by Gasteiger charge is 2.25. The summed E-state index contributed by atoms with van der Waals surface area (Å²) in [6.45, 7) is 1.36. The van der Waals surface area contributed by atoms with Gasteiger partial charge in [0.25, 0.3) is 0 Å². The summed E-state index contributed by atoms with van der Waals surface area (Å²) >= 11 is 12.7. The molecule has 0 saturated heterocycles. The van der Waals surface area contributed by atoms with Gasteiger partial charge in [-0.1, -0.05) is 60.7 Å². The molecule has 1 aliphatic carbocycles. The topological polar surface area (TPSA) is 88.3 Å². The minimum Gasteiger partial charge on any atom is -0.461 e. The third-order valence-electron chi connectivity index (χ3n) is 5.75. The number of sulfonamides is 1. The fourth-order valence-electron chi connectivity index (χ4n) is 4.18. The number of hydrogen-bond donors (Lipinski definition) is 2. The third kappa shape index (κ3) is 4.81. The number of carbonyl (C=O) groups excluding carboxylic acids is 1. The van der Waals surface area contributed by atoms with Gasteiger partial charge in [-0.3, -0.25) is 4.79 Å². The Kier molecular flexibility index (Phi) is 6.81. The van der Waals surface area contributed by atoms with Crippen molar-refractivity contribution in [3.8, 4) is 11.3 Å². The van der Waals surface area contributed by atoms with Gasteiger partial charge in [0.2, 0.25) is 10.0 Å². The predicted octanol–water partition coefficient (Wildman–Crippen LogP) is 5.82. The van der Waals surface area contributed by atoms with Crippen molar-refractivity contribution < 1.29 is 17.9 Å². The molecule has 0 amide bonds. The predicted molar refractivity (Wildman–Crippen MR) is 126 cm³/mol. The highest BCUT2D eigenvalue weighted by atomic mass is 35.5. The second kappa shape index (κ2) is 9.43. The highest BCUT2D eigenvalue weighted by molar-refractivity contribution is 7.89. The molecule has 2 aromatic carbocycles. The molecule has 32 heavy (non-hydrogen) atoms. The largest absolute Gasteiger partial charge is 0.461 e. The number of halogens is 2. The van der Waals surface area contributed by atoms with Crippen LogP contribution < -0.4 is 4.72 Å². The Morgan fingerprint density at radius 2 is 1.88 bits per heavy atom. The first kappa shape index (κ1) is 23.1.